The third-order valence-electron chi connectivity index (χ3n) is 2.49. The van der Waals surface area contributed by atoms with Gasteiger partial charge in [-0.1, -0.05) is 0 Å². The molecule has 0 aliphatic rings. The van der Waals surface area contributed by atoms with Gasteiger partial charge < -0.3 is 10.1 Å². The van der Waals surface area contributed by atoms with Crippen LogP contribution >= 0.6 is 0 Å². The number of nitrogens with one attached hydrogen (secondary N) is 2. The second kappa shape index (κ2) is 8.55. The summed E-state index contributed by atoms with van der Waals surface area (Å²) in [5, 5.41) is 13.6. The quantitative estimate of drug-likeness (QED) is 0.369. The number of hydrogen-bond acceptors (Lipinski definition) is 6. The van der Waals surface area contributed by atoms with Crippen molar-refractivity contribution in [3.8, 4) is 5.75 Å². The van der Waals surface area contributed by atoms with Crippen molar-refractivity contribution in [1.29, 1.82) is 0 Å². The van der Waals surface area contributed by atoms with Gasteiger partial charge in [-0.3, -0.25) is 10.1 Å². The van der Waals surface area contributed by atoms with E-state index in [1.165, 1.54) is 12.1 Å². The van der Waals surface area contributed by atoms with Gasteiger partial charge in [0.15, 0.2) is 0 Å². The highest BCUT2D eigenvalue weighted by atomic mass is 32.2. The lowest BCUT2D eigenvalue weighted by atomic mass is 10.3. The predicted molar refractivity (Wildman–Crippen MR) is 78.9 cm³/mol. The third kappa shape index (κ3) is 8.23. The Balaban J connectivity index is 2.08. The minimum atomic E-state index is -3.12. The highest BCUT2D eigenvalue weighted by molar-refractivity contribution is 7.88. The van der Waals surface area contributed by atoms with Crippen LogP contribution in [-0.4, -0.2) is 45.8 Å². The fourth-order valence-electron chi connectivity index (χ4n) is 1.50. The van der Waals surface area contributed by atoms with Crippen LogP contribution in [0, 0.1) is 10.1 Å². The zero-order valence-electron chi connectivity index (χ0n) is 11.7. The van der Waals surface area contributed by atoms with Gasteiger partial charge in [-0.2, -0.15) is 0 Å². The summed E-state index contributed by atoms with van der Waals surface area (Å²) in [6.07, 6.45) is 1.81. The van der Waals surface area contributed by atoms with E-state index < -0.39 is 14.9 Å². The first-order valence-electron chi connectivity index (χ1n) is 6.41. The lowest BCUT2D eigenvalue weighted by molar-refractivity contribution is -0.384. The maximum absolute atomic E-state index is 10.8. The molecule has 0 saturated heterocycles. The molecule has 9 heteroatoms. The molecule has 0 unspecified atom stereocenters. The first-order valence-corrected chi connectivity index (χ1v) is 8.30. The normalized spacial score (nSPS) is 11.3. The Morgan fingerprint density at radius 1 is 1.19 bits per heavy atom. The van der Waals surface area contributed by atoms with E-state index in [9.17, 15) is 18.5 Å². The number of ether oxygens (including phenoxy) is 1. The van der Waals surface area contributed by atoms with Crippen LogP contribution in [0.15, 0.2) is 24.3 Å². The van der Waals surface area contributed by atoms with E-state index in [1.54, 1.807) is 12.1 Å². The third-order valence-corrected chi connectivity index (χ3v) is 3.22. The number of nitrogens with zero attached hydrogens (tertiary/aromatic N) is 1. The zero-order valence-corrected chi connectivity index (χ0v) is 12.6. The van der Waals surface area contributed by atoms with E-state index in [2.05, 4.69) is 10.0 Å². The molecule has 0 atom stereocenters. The van der Waals surface area contributed by atoms with E-state index in [1.807, 2.05) is 0 Å². The highest BCUT2D eigenvalue weighted by Crippen LogP contribution is 2.16. The van der Waals surface area contributed by atoms with Crippen LogP contribution in [0.5, 0.6) is 5.75 Å². The summed E-state index contributed by atoms with van der Waals surface area (Å²) < 4.78 is 29.4. The molecule has 8 nitrogen and oxygen atoms in total. The molecule has 0 spiro atoms. The number of hydrogen-bond donors (Lipinski definition) is 2. The average Bonchev–Trinajstić information content (AvgIpc) is 2.41. The fourth-order valence-corrected chi connectivity index (χ4v) is 2.02. The summed E-state index contributed by atoms with van der Waals surface area (Å²) >= 11 is 0. The van der Waals surface area contributed by atoms with Gasteiger partial charge in [0.1, 0.15) is 12.4 Å². The Labute approximate surface area is 123 Å². The Morgan fingerprint density at radius 3 is 2.43 bits per heavy atom. The Hall–Kier alpha value is -1.71. The lowest BCUT2D eigenvalue weighted by Crippen LogP contribution is -2.28. The second-order valence-corrected chi connectivity index (χ2v) is 6.20. The van der Waals surface area contributed by atoms with Crippen LogP contribution in [0.2, 0.25) is 0 Å². The molecule has 0 aromatic heterocycles. The summed E-state index contributed by atoms with van der Waals surface area (Å²) in [5.74, 6) is 0.571. The Kier molecular flexibility index (Phi) is 7.06. The van der Waals surface area contributed by atoms with Gasteiger partial charge in [0.05, 0.1) is 11.2 Å². The number of benzene rings is 1. The molecule has 0 aliphatic heterocycles. The minimum Gasteiger partial charge on any atom is -0.492 e. The molecule has 118 valence electrons. The maximum atomic E-state index is 10.8. The van der Waals surface area contributed by atoms with Gasteiger partial charge in [-0.05, 0) is 25.1 Å². The maximum Gasteiger partial charge on any atom is 0.269 e. The standard InChI is InChI=1S/C12H19N3O5S/c1-21(18,19)14-8-2-7-13-9-10-20-12-5-3-11(4-6-12)15(16)17/h3-6,13-14H,2,7-10H2,1H3. The zero-order chi connectivity index (χ0) is 15.7. The predicted octanol–water partition coefficient (Wildman–Crippen LogP) is 0.503. The fraction of sp³-hybridized carbons (Fsp3) is 0.500. The molecule has 0 radical (unpaired) electrons. The molecule has 0 saturated carbocycles. The molecule has 0 aliphatic carbocycles. The van der Waals surface area contributed by atoms with Crippen LogP contribution < -0.4 is 14.8 Å². The lowest BCUT2D eigenvalue weighted by Gasteiger charge is -2.07. The number of sulfonamides is 1. The highest BCUT2D eigenvalue weighted by Gasteiger charge is 2.04. The van der Waals surface area contributed by atoms with E-state index in [4.69, 9.17) is 4.74 Å². The van der Waals surface area contributed by atoms with Crippen LogP contribution in [0.3, 0.4) is 0 Å². The summed E-state index contributed by atoms with van der Waals surface area (Å²) in [4.78, 5) is 10.0. The van der Waals surface area contributed by atoms with E-state index in [0.29, 0.717) is 38.4 Å². The van der Waals surface area contributed by atoms with Crippen molar-refractivity contribution >= 4 is 15.7 Å². The van der Waals surface area contributed by atoms with Gasteiger partial charge in [0.2, 0.25) is 10.0 Å². The molecule has 0 fully saturated rings. The van der Waals surface area contributed by atoms with Crippen molar-refractivity contribution in [3.05, 3.63) is 34.4 Å². The van der Waals surface area contributed by atoms with Gasteiger partial charge in [0, 0.05) is 25.2 Å². The van der Waals surface area contributed by atoms with Crippen LogP contribution in [0.1, 0.15) is 6.42 Å². The van der Waals surface area contributed by atoms with Crippen molar-refractivity contribution < 1.29 is 18.1 Å². The summed E-state index contributed by atoms with van der Waals surface area (Å²) in [7, 11) is -3.12. The monoisotopic (exact) mass is 317 g/mol. The number of nitro groups is 1. The molecule has 1 aromatic carbocycles. The van der Waals surface area contributed by atoms with Crippen LogP contribution in [0.4, 0.5) is 5.69 Å². The van der Waals surface area contributed by atoms with Gasteiger partial charge in [-0.25, -0.2) is 13.1 Å². The van der Waals surface area contributed by atoms with Crippen molar-refractivity contribution in [3.63, 3.8) is 0 Å². The Bertz CT molecular complexity index is 545. The van der Waals surface area contributed by atoms with Crippen molar-refractivity contribution in [2.45, 2.75) is 6.42 Å². The van der Waals surface area contributed by atoms with Gasteiger partial charge in [-0.15, -0.1) is 0 Å². The number of rotatable bonds is 10. The molecule has 2 N–H and O–H groups in total. The molecule has 1 rings (SSSR count). The van der Waals surface area contributed by atoms with Crippen LogP contribution in [-0.2, 0) is 10.0 Å². The number of nitro benzene ring substituents is 1. The molecule has 0 bridgehead atoms. The SMILES string of the molecule is CS(=O)(=O)NCCCNCCOc1ccc([N+](=O)[O-])cc1. The topological polar surface area (TPSA) is 111 Å². The first-order chi connectivity index (χ1) is 9.88. The Morgan fingerprint density at radius 2 is 1.86 bits per heavy atom. The van der Waals surface area contributed by atoms with E-state index >= 15 is 0 Å². The molecular formula is C12H19N3O5S. The van der Waals surface area contributed by atoms with Crippen molar-refractivity contribution in [2.75, 3.05) is 32.5 Å². The smallest absolute Gasteiger partial charge is 0.269 e. The van der Waals surface area contributed by atoms with Crippen molar-refractivity contribution in [1.82, 2.24) is 10.0 Å². The summed E-state index contributed by atoms with van der Waals surface area (Å²) in [6, 6.07) is 5.88. The average molecular weight is 317 g/mol. The second-order valence-electron chi connectivity index (χ2n) is 4.37. The minimum absolute atomic E-state index is 0.0267. The molecule has 0 amide bonds. The van der Waals surface area contributed by atoms with Gasteiger partial charge in [0.25, 0.3) is 5.69 Å². The largest absolute Gasteiger partial charge is 0.492 e. The molecular weight excluding hydrogens is 298 g/mol. The van der Waals surface area contributed by atoms with E-state index in [0.717, 1.165) is 6.26 Å². The number of non-ortho nitro benzene ring substituents is 1. The molecule has 1 aromatic rings. The molecule has 0 heterocycles. The first kappa shape index (κ1) is 17.3. The summed E-state index contributed by atoms with van der Waals surface area (Å²) in [6.45, 7) is 2.11. The van der Waals surface area contributed by atoms with Gasteiger partial charge >= 0.3 is 0 Å². The summed E-state index contributed by atoms with van der Waals surface area (Å²) in [5.41, 5.74) is 0.0267. The van der Waals surface area contributed by atoms with Crippen LogP contribution in [0.25, 0.3) is 0 Å². The molecule has 21 heavy (non-hydrogen) atoms. The van der Waals surface area contributed by atoms with E-state index in [-0.39, 0.29) is 5.69 Å². The van der Waals surface area contributed by atoms with Crippen molar-refractivity contribution in [2.24, 2.45) is 0 Å².